The highest BCUT2D eigenvalue weighted by atomic mass is 32.2. The topological polar surface area (TPSA) is 25.2 Å². The number of hydrogen-bond acceptors (Lipinski definition) is 3. The molecular formula is C15H15F2NOS. The summed E-state index contributed by atoms with van der Waals surface area (Å²) < 4.78 is 31.9. The average Bonchev–Trinajstić information content (AvgIpc) is 3.14. The molecule has 0 unspecified atom stereocenters. The first-order chi connectivity index (χ1) is 9.70. The van der Waals surface area contributed by atoms with E-state index in [1.165, 1.54) is 36.7 Å². The van der Waals surface area contributed by atoms with Crippen LogP contribution in [-0.4, -0.2) is 6.04 Å². The predicted octanol–water partition coefficient (Wildman–Crippen LogP) is 4.10. The number of rotatable bonds is 6. The molecule has 3 rings (SSSR count). The zero-order valence-corrected chi connectivity index (χ0v) is 11.7. The molecule has 0 bridgehead atoms. The molecule has 1 fully saturated rings. The molecule has 0 aliphatic heterocycles. The average molecular weight is 295 g/mol. The zero-order chi connectivity index (χ0) is 13.9. The molecule has 0 saturated heterocycles. The lowest BCUT2D eigenvalue weighted by Gasteiger charge is -2.02. The highest BCUT2D eigenvalue weighted by Gasteiger charge is 2.20. The van der Waals surface area contributed by atoms with Crippen molar-refractivity contribution in [1.29, 1.82) is 0 Å². The second-order valence-electron chi connectivity index (χ2n) is 4.89. The van der Waals surface area contributed by atoms with Crippen LogP contribution in [0.15, 0.2) is 39.6 Å². The quantitative estimate of drug-likeness (QED) is 0.812. The van der Waals surface area contributed by atoms with Crippen LogP contribution in [0.25, 0.3) is 0 Å². The molecule has 106 valence electrons. The van der Waals surface area contributed by atoms with Gasteiger partial charge in [0.2, 0.25) is 0 Å². The summed E-state index contributed by atoms with van der Waals surface area (Å²) in [5.74, 6) is 1.14. The molecule has 1 heterocycles. The largest absolute Gasteiger partial charge is 0.464 e. The second-order valence-corrected chi connectivity index (χ2v) is 5.90. The summed E-state index contributed by atoms with van der Waals surface area (Å²) in [7, 11) is 0. The van der Waals surface area contributed by atoms with Crippen LogP contribution in [0.2, 0.25) is 0 Å². The van der Waals surface area contributed by atoms with E-state index in [1.54, 1.807) is 0 Å². The lowest BCUT2D eigenvalue weighted by Crippen LogP contribution is -2.14. The van der Waals surface area contributed by atoms with E-state index in [1.807, 2.05) is 12.1 Å². The number of thioether (sulfide) groups is 1. The Bertz CT molecular complexity index is 595. The second kappa shape index (κ2) is 5.97. The van der Waals surface area contributed by atoms with Gasteiger partial charge in [-0.25, -0.2) is 8.78 Å². The third kappa shape index (κ3) is 3.61. The van der Waals surface area contributed by atoms with Gasteiger partial charge in [0.25, 0.3) is 0 Å². The first-order valence-corrected chi connectivity index (χ1v) is 7.58. The molecule has 1 aromatic carbocycles. The lowest BCUT2D eigenvalue weighted by molar-refractivity contribution is 0.458. The van der Waals surface area contributed by atoms with Crippen LogP contribution in [0.1, 0.15) is 24.4 Å². The third-order valence-electron chi connectivity index (χ3n) is 3.12. The van der Waals surface area contributed by atoms with Crippen molar-refractivity contribution in [2.24, 2.45) is 0 Å². The van der Waals surface area contributed by atoms with Crippen LogP contribution in [-0.2, 0) is 12.3 Å². The van der Waals surface area contributed by atoms with Crippen molar-refractivity contribution >= 4 is 11.8 Å². The van der Waals surface area contributed by atoms with Crippen molar-refractivity contribution < 1.29 is 13.2 Å². The van der Waals surface area contributed by atoms with Crippen molar-refractivity contribution in [2.45, 2.75) is 36.1 Å². The van der Waals surface area contributed by atoms with Gasteiger partial charge in [0.05, 0.1) is 12.3 Å². The summed E-state index contributed by atoms with van der Waals surface area (Å²) in [4.78, 5) is 0.431. The van der Waals surface area contributed by atoms with Gasteiger partial charge in [-0.2, -0.15) is 0 Å². The molecule has 20 heavy (non-hydrogen) atoms. The van der Waals surface area contributed by atoms with E-state index >= 15 is 0 Å². The van der Waals surface area contributed by atoms with Gasteiger partial charge < -0.3 is 9.73 Å². The SMILES string of the molecule is Fc1ccc(SCc2ccc(CNC3CC3)o2)c(F)c1. The van der Waals surface area contributed by atoms with Crippen LogP contribution in [0.4, 0.5) is 8.78 Å². The van der Waals surface area contributed by atoms with Crippen molar-refractivity contribution in [2.75, 3.05) is 0 Å². The van der Waals surface area contributed by atoms with Gasteiger partial charge in [-0.05, 0) is 37.1 Å². The molecule has 1 saturated carbocycles. The smallest absolute Gasteiger partial charge is 0.139 e. The molecule has 5 heteroatoms. The van der Waals surface area contributed by atoms with Crippen molar-refractivity contribution in [3.05, 3.63) is 53.5 Å². The molecule has 1 N–H and O–H groups in total. The molecule has 2 aromatic rings. The van der Waals surface area contributed by atoms with E-state index in [-0.39, 0.29) is 0 Å². The number of benzene rings is 1. The van der Waals surface area contributed by atoms with E-state index in [2.05, 4.69) is 5.32 Å². The van der Waals surface area contributed by atoms with Crippen molar-refractivity contribution in [3.63, 3.8) is 0 Å². The van der Waals surface area contributed by atoms with Gasteiger partial charge in [0, 0.05) is 17.0 Å². The Labute approximate surface area is 120 Å². The molecule has 1 aromatic heterocycles. The molecule has 1 aliphatic carbocycles. The van der Waals surface area contributed by atoms with Crippen LogP contribution >= 0.6 is 11.8 Å². The van der Waals surface area contributed by atoms with E-state index < -0.39 is 11.6 Å². The van der Waals surface area contributed by atoms with Crippen molar-refractivity contribution in [3.8, 4) is 0 Å². The standard InChI is InChI=1S/C15H15F2NOS/c16-10-1-6-15(14(17)7-10)20-9-13-5-4-12(19-13)8-18-11-2-3-11/h1,4-7,11,18H,2-3,8-9H2. The zero-order valence-electron chi connectivity index (χ0n) is 10.9. The number of halogens is 2. The van der Waals surface area contributed by atoms with Gasteiger partial charge in [-0.15, -0.1) is 11.8 Å². The maximum Gasteiger partial charge on any atom is 0.139 e. The summed E-state index contributed by atoms with van der Waals surface area (Å²) in [6, 6.07) is 8.10. The van der Waals surface area contributed by atoms with Crippen LogP contribution in [0.3, 0.4) is 0 Å². The minimum absolute atomic E-state index is 0.431. The Morgan fingerprint density at radius 3 is 2.70 bits per heavy atom. The molecule has 0 spiro atoms. The minimum atomic E-state index is -0.557. The summed E-state index contributed by atoms with van der Waals surface area (Å²) in [6.07, 6.45) is 2.49. The first kappa shape index (κ1) is 13.6. The monoisotopic (exact) mass is 295 g/mol. The maximum atomic E-state index is 13.5. The molecule has 0 radical (unpaired) electrons. The fourth-order valence-electron chi connectivity index (χ4n) is 1.87. The molecular weight excluding hydrogens is 280 g/mol. The van der Waals surface area contributed by atoms with Gasteiger partial charge in [0.15, 0.2) is 0 Å². The van der Waals surface area contributed by atoms with Crippen molar-refractivity contribution in [1.82, 2.24) is 5.32 Å². The summed E-state index contributed by atoms with van der Waals surface area (Å²) in [5, 5.41) is 3.37. The number of furan rings is 1. The maximum absolute atomic E-state index is 13.5. The summed E-state index contributed by atoms with van der Waals surface area (Å²) in [5.41, 5.74) is 0. The normalized spacial score (nSPS) is 14.7. The highest BCUT2D eigenvalue weighted by Crippen LogP contribution is 2.27. The Kier molecular flexibility index (Phi) is 4.08. The fourth-order valence-corrected chi connectivity index (χ4v) is 2.68. The Balaban J connectivity index is 1.54. The Morgan fingerprint density at radius 2 is 1.95 bits per heavy atom. The lowest BCUT2D eigenvalue weighted by atomic mass is 10.3. The van der Waals surface area contributed by atoms with Crippen LogP contribution < -0.4 is 5.32 Å². The van der Waals surface area contributed by atoms with Gasteiger partial charge in [-0.1, -0.05) is 0 Å². The number of nitrogens with one attached hydrogen (secondary N) is 1. The molecule has 2 nitrogen and oxygen atoms in total. The minimum Gasteiger partial charge on any atom is -0.464 e. The van der Waals surface area contributed by atoms with E-state index in [0.29, 0.717) is 16.7 Å². The van der Waals surface area contributed by atoms with E-state index in [4.69, 9.17) is 4.42 Å². The first-order valence-electron chi connectivity index (χ1n) is 6.59. The van der Waals surface area contributed by atoms with Gasteiger partial charge >= 0.3 is 0 Å². The van der Waals surface area contributed by atoms with Gasteiger partial charge in [0.1, 0.15) is 23.2 Å². The Morgan fingerprint density at radius 1 is 1.15 bits per heavy atom. The van der Waals surface area contributed by atoms with E-state index in [9.17, 15) is 8.78 Å². The predicted molar refractivity (Wildman–Crippen MR) is 74.5 cm³/mol. The van der Waals surface area contributed by atoms with Crippen LogP contribution in [0.5, 0.6) is 0 Å². The van der Waals surface area contributed by atoms with Crippen LogP contribution in [0, 0.1) is 11.6 Å². The highest BCUT2D eigenvalue weighted by molar-refractivity contribution is 7.98. The van der Waals surface area contributed by atoms with E-state index in [0.717, 1.165) is 24.1 Å². The Hall–Kier alpha value is -1.33. The fraction of sp³-hybridized carbons (Fsp3) is 0.333. The summed E-state index contributed by atoms with van der Waals surface area (Å²) >= 11 is 1.30. The van der Waals surface area contributed by atoms with Gasteiger partial charge in [-0.3, -0.25) is 0 Å². The molecule has 0 atom stereocenters. The summed E-state index contributed by atoms with van der Waals surface area (Å²) in [6.45, 7) is 0.736. The third-order valence-corrected chi connectivity index (χ3v) is 4.19. The molecule has 0 amide bonds. The number of hydrogen-bond donors (Lipinski definition) is 1. The molecule has 1 aliphatic rings.